The summed E-state index contributed by atoms with van der Waals surface area (Å²) in [5, 5.41) is 10.1. The van der Waals surface area contributed by atoms with E-state index >= 15 is 0 Å². The lowest BCUT2D eigenvalue weighted by Gasteiger charge is -2.55. The highest BCUT2D eigenvalue weighted by molar-refractivity contribution is 6.95. The number of allylic oxidation sites excluding steroid dienone is 3. The van der Waals surface area contributed by atoms with Crippen LogP contribution in [-0.4, -0.2) is 21.2 Å². The van der Waals surface area contributed by atoms with Crippen LogP contribution in [0, 0.1) is 16.7 Å². The molecule has 0 heterocycles. The van der Waals surface area contributed by atoms with Crippen LogP contribution in [0.3, 0.4) is 0 Å². The van der Waals surface area contributed by atoms with Gasteiger partial charge >= 0.3 is 0 Å². The summed E-state index contributed by atoms with van der Waals surface area (Å²) in [5.41, 5.74) is 1.08. The van der Waals surface area contributed by atoms with Crippen molar-refractivity contribution in [1.82, 2.24) is 0 Å². The Bertz CT molecular complexity index is 494. The summed E-state index contributed by atoms with van der Waals surface area (Å²) >= 11 is 17.5. The maximum absolute atomic E-state index is 10.3. The molecule has 2 aliphatic carbocycles. The second kappa shape index (κ2) is 6.23. The molecule has 118 valence electrons. The van der Waals surface area contributed by atoms with E-state index in [1.165, 1.54) is 5.57 Å². The van der Waals surface area contributed by atoms with Gasteiger partial charge in [0.25, 0.3) is 0 Å². The van der Waals surface area contributed by atoms with Crippen LogP contribution in [0.1, 0.15) is 40.0 Å². The molecule has 1 fully saturated rings. The highest BCUT2D eigenvalue weighted by Gasteiger charge is 2.54. The molecule has 0 spiro atoms. The van der Waals surface area contributed by atoms with Gasteiger partial charge in [0.1, 0.15) is 0 Å². The fraction of sp³-hybridized carbons (Fsp3) is 0.688. The van der Waals surface area contributed by atoms with E-state index in [4.69, 9.17) is 34.8 Å². The number of fused-ring (bicyclic) bond motifs is 1. The van der Waals surface area contributed by atoms with E-state index in [-0.39, 0.29) is 20.8 Å². The molecule has 0 bridgehead atoms. The zero-order valence-electron chi connectivity index (χ0n) is 12.6. The van der Waals surface area contributed by atoms with Crippen LogP contribution in [0.5, 0.6) is 0 Å². The van der Waals surface area contributed by atoms with Gasteiger partial charge in [0.2, 0.25) is 0 Å². The molecule has 1 saturated carbocycles. The Morgan fingerprint density at radius 1 is 1.38 bits per heavy atom. The molecule has 1 N–H and O–H groups in total. The van der Waals surface area contributed by atoms with Crippen LogP contribution in [0.15, 0.2) is 28.9 Å². The van der Waals surface area contributed by atoms with E-state index in [1.807, 2.05) is 6.08 Å². The van der Waals surface area contributed by atoms with Crippen molar-refractivity contribution < 1.29 is 5.11 Å². The number of aliphatic hydroxyl groups excluding tert-OH is 1. The molecule has 0 radical (unpaired) electrons. The van der Waals surface area contributed by atoms with E-state index in [0.717, 1.165) is 12.8 Å². The maximum Gasteiger partial charge on any atom is 0.196 e. The summed E-state index contributed by atoms with van der Waals surface area (Å²) in [6, 6.07) is 0. The van der Waals surface area contributed by atoms with Crippen molar-refractivity contribution in [3.8, 4) is 0 Å². The Hall–Kier alpha value is -0.0200. The van der Waals surface area contributed by atoms with Crippen molar-refractivity contribution in [2.24, 2.45) is 21.7 Å². The standard InChI is InChI=1S/C16H22Cl3NO/c1-15(2)12-5-4-10(6-7-20-14(18)19)8-16(12,3)9-11(21)13(15)17/h6-8,11-13,21H,4-5,9H2,1-3H3/b7-6+/t11-,12+,13+,16+/m1/s1. The summed E-state index contributed by atoms with van der Waals surface area (Å²) < 4.78 is 0.00551. The molecule has 0 aromatic heterocycles. The maximum atomic E-state index is 10.3. The molecule has 0 aromatic rings. The van der Waals surface area contributed by atoms with Crippen molar-refractivity contribution in [3.63, 3.8) is 0 Å². The number of halogens is 3. The van der Waals surface area contributed by atoms with Crippen molar-refractivity contribution in [3.05, 3.63) is 23.9 Å². The number of hydrogen-bond donors (Lipinski definition) is 1. The Morgan fingerprint density at radius 2 is 2.05 bits per heavy atom. The topological polar surface area (TPSA) is 32.6 Å². The molecular formula is C16H22Cl3NO. The van der Waals surface area contributed by atoms with Crippen LogP contribution in [0.4, 0.5) is 0 Å². The second-order valence-corrected chi connectivity index (χ2v) is 8.38. The number of alkyl halides is 1. The molecule has 0 aromatic carbocycles. The molecule has 2 rings (SSSR count). The third-order valence-corrected chi connectivity index (χ3v) is 6.14. The summed E-state index contributed by atoms with van der Waals surface area (Å²) in [6.07, 6.45) is 8.11. The van der Waals surface area contributed by atoms with Gasteiger partial charge in [-0.25, -0.2) is 4.99 Å². The van der Waals surface area contributed by atoms with Crippen LogP contribution in [0.25, 0.3) is 0 Å². The zero-order chi connectivity index (χ0) is 15.8. The first kappa shape index (κ1) is 17.3. The number of nitrogens with zero attached hydrogens (tertiary/aromatic N) is 1. The van der Waals surface area contributed by atoms with E-state index in [2.05, 4.69) is 31.8 Å². The third-order valence-electron chi connectivity index (χ3n) is 5.09. The minimum absolute atomic E-state index is 0.00551. The van der Waals surface area contributed by atoms with Crippen molar-refractivity contribution in [2.75, 3.05) is 0 Å². The van der Waals surface area contributed by atoms with Crippen molar-refractivity contribution in [1.29, 1.82) is 0 Å². The minimum Gasteiger partial charge on any atom is -0.392 e. The fourth-order valence-corrected chi connectivity index (χ4v) is 4.58. The number of aliphatic imine (C=N–C) groups is 1. The summed E-state index contributed by atoms with van der Waals surface area (Å²) in [5.74, 6) is 0.466. The first-order valence-corrected chi connectivity index (χ1v) is 8.45. The molecule has 0 aliphatic heterocycles. The quantitative estimate of drug-likeness (QED) is 0.547. The highest BCUT2D eigenvalue weighted by Crippen LogP contribution is 2.57. The number of aliphatic hydroxyl groups is 1. The smallest absolute Gasteiger partial charge is 0.196 e. The van der Waals surface area contributed by atoms with E-state index in [1.54, 1.807) is 6.20 Å². The van der Waals surface area contributed by atoms with Crippen LogP contribution < -0.4 is 0 Å². The van der Waals surface area contributed by atoms with Crippen LogP contribution in [-0.2, 0) is 0 Å². The zero-order valence-corrected chi connectivity index (χ0v) is 14.9. The minimum atomic E-state index is -0.474. The molecule has 5 heteroatoms. The first-order valence-electron chi connectivity index (χ1n) is 7.26. The predicted octanol–water partition coefficient (Wildman–Crippen LogP) is 5.07. The van der Waals surface area contributed by atoms with Crippen LogP contribution in [0.2, 0.25) is 0 Å². The molecule has 2 aliphatic rings. The fourth-order valence-electron chi connectivity index (χ4n) is 4.22. The van der Waals surface area contributed by atoms with Gasteiger partial charge in [-0.3, -0.25) is 0 Å². The predicted molar refractivity (Wildman–Crippen MR) is 91.2 cm³/mol. The SMILES string of the molecule is CC1(C)[C@@H](Cl)[C@H](O)C[C@]2(C)C=C(/C=C/N=C(Cl)Cl)CC[C@@H]12. The van der Waals surface area contributed by atoms with Gasteiger partial charge in [0.05, 0.1) is 11.5 Å². The van der Waals surface area contributed by atoms with Crippen molar-refractivity contribution in [2.45, 2.75) is 51.5 Å². The van der Waals surface area contributed by atoms with E-state index < -0.39 is 6.10 Å². The Morgan fingerprint density at radius 3 is 2.67 bits per heavy atom. The molecule has 0 amide bonds. The average Bonchev–Trinajstić information content (AvgIpc) is 2.35. The van der Waals surface area contributed by atoms with Gasteiger partial charge in [0.15, 0.2) is 4.63 Å². The van der Waals surface area contributed by atoms with Gasteiger partial charge in [-0.2, -0.15) is 0 Å². The van der Waals surface area contributed by atoms with Gasteiger partial charge in [-0.1, -0.05) is 26.8 Å². The second-order valence-electron chi connectivity index (χ2n) is 7.00. The summed E-state index contributed by atoms with van der Waals surface area (Å²) in [6.45, 7) is 6.56. The van der Waals surface area contributed by atoms with E-state index in [9.17, 15) is 5.11 Å². The molecule has 2 nitrogen and oxygen atoms in total. The lowest BCUT2D eigenvalue weighted by Crippen LogP contribution is -2.54. The Labute approximate surface area is 141 Å². The summed E-state index contributed by atoms with van der Waals surface area (Å²) in [4.78, 5) is 3.86. The van der Waals surface area contributed by atoms with Gasteiger partial charge < -0.3 is 5.11 Å². The first-order chi connectivity index (χ1) is 9.67. The molecule has 21 heavy (non-hydrogen) atoms. The third kappa shape index (κ3) is 3.50. The van der Waals surface area contributed by atoms with Crippen molar-refractivity contribution >= 4 is 39.4 Å². The number of hydrogen-bond acceptors (Lipinski definition) is 2. The monoisotopic (exact) mass is 349 g/mol. The molecule has 0 unspecified atom stereocenters. The van der Waals surface area contributed by atoms with Gasteiger partial charge in [-0.15, -0.1) is 11.6 Å². The summed E-state index contributed by atoms with van der Waals surface area (Å²) in [7, 11) is 0. The lowest BCUT2D eigenvalue weighted by atomic mass is 9.52. The Kier molecular flexibility index (Phi) is 5.15. The Balaban J connectivity index is 2.28. The normalized spacial score (nSPS) is 38.8. The molecule has 4 atom stereocenters. The molecule has 0 saturated heterocycles. The highest BCUT2D eigenvalue weighted by atomic mass is 35.5. The average molecular weight is 351 g/mol. The van der Waals surface area contributed by atoms with Crippen LogP contribution >= 0.6 is 34.8 Å². The lowest BCUT2D eigenvalue weighted by molar-refractivity contribution is -0.0477. The van der Waals surface area contributed by atoms with E-state index in [0.29, 0.717) is 12.3 Å². The van der Waals surface area contributed by atoms with Gasteiger partial charge in [0, 0.05) is 6.20 Å². The number of rotatable bonds is 2. The largest absolute Gasteiger partial charge is 0.392 e. The van der Waals surface area contributed by atoms with Gasteiger partial charge in [-0.05, 0) is 70.9 Å². The molecular weight excluding hydrogens is 329 g/mol.